The van der Waals surface area contributed by atoms with Gasteiger partial charge in [-0.25, -0.2) is 4.98 Å². The number of aromatic nitrogens is 1. The van der Waals surface area contributed by atoms with Crippen LogP contribution in [0.4, 0.5) is 11.5 Å². The fraction of sp³-hybridized carbons (Fsp3) is 0.457. The van der Waals surface area contributed by atoms with Crippen LogP contribution in [0.1, 0.15) is 66.4 Å². The van der Waals surface area contributed by atoms with Gasteiger partial charge in [0.1, 0.15) is 17.3 Å². The molecule has 1 saturated carbocycles. The van der Waals surface area contributed by atoms with E-state index in [0.717, 1.165) is 67.1 Å². The highest BCUT2D eigenvalue weighted by Gasteiger charge is 2.34. The van der Waals surface area contributed by atoms with Crippen LogP contribution >= 0.6 is 0 Å². The van der Waals surface area contributed by atoms with Gasteiger partial charge in [-0.05, 0) is 105 Å². The van der Waals surface area contributed by atoms with Crippen LogP contribution in [0, 0.1) is 18.8 Å². The third-order valence-corrected chi connectivity index (χ3v) is 8.59. The van der Waals surface area contributed by atoms with Crippen molar-refractivity contribution in [2.24, 2.45) is 11.8 Å². The van der Waals surface area contributed by atoms with Crippen molar-refractivity contribution >= 4 is 23.4 Å². The molecule has 1 atom stereocenters. The van der Waals surface area contributed by atoms with Crippen LogP contribution in [0.2, 0.25) is 0 Å². The fourth-order valence-electron chi connectivity index (χ4n) is 5.91. The van der Waals surface area contributed by atoms with Crippen LogP contribution in [0.25, 0.3) is 0 Å². The third-order valence-electron chi connectivity index (χ3n) is 8.59. The standard InChI is InChI=1S/C35H43N3O5/c1-5-42-34(39)22-31(26-9-10-26)27-7-6-8-29(20-27)43-23-25-14-17-38(18-15-25)32-21-28(41-4)11-12-30(32)35(40)37(3)33-19-24(2)13-16-36-33/h6-8,11-13,16,19-21,25-26,31H,5,9-10,14-15,17-18,22-23H2,1-4H3. The number of nitrogens with zero attached hydrogens (tertiary/aromatic N) is 3. The van der Waals surface area contributed by atoms with E-state index in [9.17, 15) is 9.59 Å². The highest BCUT2D eigenvalue weighted by molar-refractivity contribution is 6.09. The number of aryl methyl sites for hydroxylation is 1. The van der Waals surface area contributed by atoms with Crippen LogP contribution in [0.5, 0.6) is 11.5 Å². The summed E-state index contributed by atoms with van der Waals surface area (Å²) >= 11 is 0. The second-order valence-corrected chi connectivity index (χ2v) is 11.7. The summed E-state index contributed by atoms with van der Waals surface area (Å²) < 4.78 is 17.0. The smallest absolute Gasteiger partial charge is 0.306 e. The molecule has 2 aliphatic rings. The van der Waals surface area contributed by atoms with Gasteiger partial charge in [-0.1, -0.05) is 12.1 Å². The van der Waals surface area contributed by atoms with Gasteiger partial charge in [0, 0.05) is 32.4 Å². The van der Waals surface area contributed by atoms with Crippen LogP contribution < -0.4 is 19.3 Å². The Morgan fingerprint density at radius 3 is 2.51 bits per heavy atom. The first-order valence-electron chi connectivity index (χ1n) is 15.4. The van der Waals surface area contributed by atoms with Crippen molar-refractivity contribution in [3.05, 3.63) is 77.5 Å². The van der Waals surface area contributed by atoms with Gasteiger partial charge < -0.3 is 19.1 Å². The van der Waals surface area contributed by atoms with Crippen molar-refractivity contribution in [2.45, 2.75) is 51.9 Å². The van der Waals surface area contributed by atoms with E-state index >= 15 is 0 Å². The number of rotatable bonds is 12. The number of amides is 1. The quantitative estimate of drug-likeness (QED) is 0.227. The topological polar surface area (TPSA) is 81.2 Å². The predicted octanol–water partition coefficient (Wildman–Crippen LogP) is 6.42. The van der Waals surface area contributed by atoms with Crippen molar-refractivity contribution in [1.29, 1.82) is 0 Å². The Morgan fingerprint density at radius 1 is 1.02 bits per heavy atom. The molecule has 2 heterocycles. The lowest BCUT2D eigenvalue weighted by Crippen LogP contribution is -2.37. The van der Waals surface area contributed by atoms with Gasteiger partial charge in [-0.2, -0.15) is 0 Å². The molecule has 43 heavy (non-hydrogen) atoms. The lowest BCUT2D eigenvalue weighted by atomic mass is 9.91. The summed E-state index contributed by atoms with van der Waals surface area (Å²) in [6.45, 7) is 6.52. The molecule has 1 aliphatic heterocycles. The lowest BCUT2D eigenvalue weighted by Gasteiger charge is -2.35. The fourth-order valence-corrected chi connectivity index (χ4v) is 5.91. The summed E-state index contributed by atoms with van der Waals surface area (Å²) in [4.78, 5) is 34.1. The van der Waals surface area contributed by atoms with Gasteiger partial charge in [0.15, 0.2) is 0 Å². The number of piperidine rings is 1. The Kier molecular flexibility index (Phi) is 9.85. The average Bonchev–Trinajstić information content (AvgIpc) is 3.88. The molecular formula is C35H43N3O5. The number of methoxy groups -OCH3 is 1. The van der Waals surface area contributed by atoms with Gasteiger partial charge in [0.2, 0.25) is 0 Å². The van der Waals surface area contributed by atoms with Crippen molar-refractivity contribution in [3.63, 3.8) is 0 Å². The monoisotopic (exact) mass is 585 g/mol. The van der Waals surface area contributed by atoms with Gasteiger partial charge in [-0.3, -0.25) is 14.5 Å². The molecule has 228 valence electrons. The normalized spacial score (nSPS) is 16.0. The number of hydrogen-bond acceptors (Lipinski definition) is 7. The molecule has 0 N–H and O–H groups in total. The first-order chi connectivity index (χ1) is 20.9. The summed E-state index contributed by atoms with van der Waals surface area (Å²) in [7, 11) is 3.41. The van der Waals surface area contributed by atoms with E-state index in [4.69, 9.17) is 14.2 Å². The molecule has 1 saturated heterocycles. The molecule has 1 aromatic heterocycles. The number of carbonyl (C=O) groups excluding carboxylic acids is 2. The molecule has 5 rings (SSSR count). The summed E-state index contributed by atoms with van der Waals surface area (Å²) in [6, 6.07) is 17.7. The van der Waals surface area contributed by atoms with E-state index in [1.54, 1.807) is 25.3 Å². The zero-order valence-electron chi connectivity index (χ0n) is 25.8. The molecule has 8 heteroatoms. The van der Waals surface area contributed by atoms with E-state index in [0.29, 0.717) is 42.9 Å². The Bertz CT molecular complexity index is 1410. The zero-order chi connectivity index (χ0) is 30.3. The number of benzene rings is 2. The van der Waals surface area contributed by atoms with Crippen molar-refractivity contribution in [2.75, 3.05) is 50.3 Å². The summed E-state index contributed by atoms with van der Waals surface area (Å²) in [5, 5.41) is 0. The molecule has 8 nitrogen and oxygen atoms in total. The number of esters is 1. The summed E-state index contributed by atoms with van der Waals surface area (Å²) in [5.41, 5.74) is 3.72. The van der Waals surface area contributed by atoms with Crippen molar-refractivity contribution in [1.82, 2.24) is 4.98 Å². The van der Waals surface area contributed by atoms with E-state index in [1.165, 1.54) is 0 Å². The third kappa shape index (κ3) is 7.66. The Balaban J connectivity index is 1.21. The maximum absolute atomic E-state index is 13.6. The Labute approximate surface area is 255 Å². The average molecular weight is 586 g/mol. The first kappa shape index (κ1) is 30.4. The summed E-state index contributed by atoms with van der Waals surface area (Å²) in [6.07, 6.45) is 6.37. The second-order valence-electron chi connectivity index (χ2n) is 11.7. The lowest BCUT2D eigenvalue weighted by molar-refractivity contribution is -0.143. The van der Waals surface area contributed by atoms with E-state index < -0.39 is 0 Å². The number of ether oxygens (including phenoxy) is 3. The molecule has 2 fully saturated rings. The Hall–Kier alpha value is -4.07. The SMILES string of the molecule is CCOC(=O)CC(c1cccc(OCC2CCN(c3cc(OC)ccc3C(=O)N(C)c3cc(C)ccn3)CC2)c1)C1CC1. The van der Waals surface area contributed by atoms with Crippen LogP contribution in [-0.2, 0) is 9.53 Å². The van der Waals surface area contributed by atoms with Crippen LogP contribution in [-0.4, -0.2) is 57.3 Å². The molecule has 3 aromatic rings. The van der Waals surface area contributed by atoms with Crippen LogP contribution in [0.15, 0.2) is 60.8 Å². The maximum Gasteiger partial charge on any atom is 0.306 e. The molecular weight excluding hydrogens is 542 g/mol. The van der Waals surface area contributed by atoms with Crippen LogP contribution in [0.3, 0.4) is 0 Å². The van der Waals surface area contributed by atoms with E-state index in [-0.39, 0.29) is 17.8 Å². The molecule has 0 radical (unpaired) electrons. The molecule has 1 aliphatic carbocycles. The van der Waals surface area contributed by atoms with Crippen molar-refractivity contribution in [3.8, 4) is 11.5 Å². The van der Waals surface area contributed by atoms with Gasteiger partial charge in [0.25, 0.3) is 5.91 Å². The van der Waals surface area contributed by atoms with Crippen molar-refractivity contribution < 1.29 is 23.8 Å². The minimum absolute atomic E-state index is 0.103. The largest absolute Gasteiger partial charge is 0.497 e. The first-order valence-corrected chi connectivity index (χ1v) is 15.4. The Morgan fingerprint density at radius 2 is 1.81 bits per heavy atom. The maximum atomic E-state index is 13.6. The molecule has 1 unspecified atom stereocenters. The highest BCUT2D eigenvalue weighted by Crippen LogP contribution is 2.45. The van der Waals surface area contributed by atoms with Gasteiger partial charge in [-0.15, -0.1) is 0 Å². The second kappa shape index (κ2) is 13.9. The summed E-state index contributed by atoms with van der Waals surface area (Å²) in [5.74, 6) is 3.10. The van der Waals surface area contributed by atoms with E-state index in [1.807, 2.05) is 56.3 Å². The van der Waals surface area contributed by atoms with Gasteiger partial charge in [0.05, 0.1) is 38.0 Å². The number of anilines is 2. The number of pyridine rings is 1. The predicted molar refractivity (Wildman–Crippen MR) is 168 cm³/mol. The number of carbonyl (C=O) groups is 2. The number of hydrogen-bond donors (Lipinski definition) is 0. The molecule has 1 amide bonds. The molecule has 0 spiro atoms. The highest BCUT2D eigenvalue weighted by atomic mass is 16.5. The minimum atomic E-state index is -0.128. The van der Waals surface area contributed by atoms with E-state index in [2.05, 4.69) is 22.0 Å². The zero-order valence-corrected chi connectivity index (χ0v) is 25.8. The van der Waals surface area contributed by atoms with Gasteiger partial charge >= 0.3 is 5.97 Å². The molecule has 2 aromatic carbocycles. The molecule has 0 bridgehead atoms. The minimum Gasteiger partial charge on any atom is -0.497 e.